The first-order valence-corrected chi connectivity index (χ1v) is 10.2. The van der Waals surface area contributed by atoms with E-state index < -0.39 is 11.6 Å². The lowest BCUT2D eigenvalue weighted by atomic mass is 10.2. The summed E-state index contributed by atoms with van der Waals surface area (Å²) in [6.07, 6.45) is 0. The van der Waals surface area contributed by atoms with Crippen molar-refractivity contribution in [2.75, 3.05) is 0 Å². The molecule has 0 radical (unpaired) electrons. The van der Waals surface area contributed by atoms with E-state index in [2.05, 4.69) is 4.98 Å². The first-order chi connectivity index (χ1) is 14.0. The SMILES string of the molecule is O=c1c2ccccc2nc(SCc2ccc(F)c(F)c2)n1Cc1cccc(Cl)c1. The zero-order valence-electron chi connectivity index (χ0n) is 15.1. The molecule has 0 saturated carbocycles. The van der Waals surface area contributed by atoms with E-state index in [9.17, 15) is 13.6 Å². The number of fused-ring (bicyclic) bond motifs is 1. The lowest BCUT2D eigenvalue weighted by Gasteiger charge is -2.13. The van der Waals surface area contributed by atoms with Crippen molar-refractivity contribution in [2.45, 2.75) is 17.5 Å². The second-order valence-electron chi connectivity index (χ2n) is 6.47. The van der Waals surface area contributed by atoms with Crippen LogP contribution >= 0.6 is 23.4 Å². The fourth-order valence-corrected chi connectivity index (χ4v) is 4.15. The molecule has 4 rings (SSSR count). The Hall–Kier alpha value is -2.70. The maximum atomic E-state index is 13.5. The van der Waals surface area contributed by atoms with E-state index in [-0.39, 0.29) is 5.56 Å². The molecule has 0 aliphatic rings. The Morgan fingerprint density at radius 3 is 2.55 bits per heavy atom. The number of hydrogen-bond acceptors (Lipinski definition) is 3. The molecule has 0 fully saturated rings. The molecule has 0 bridgehead atoms. The number of benzene rings is 3. The van der Waals surface area contributed by atoms with Gasteiger partial charge in [-0.25, -0.2) is 13.8 Å². The summed E-state index contributed by atoms with van der Waals surface area (Å²) in [5.74, 6) is -1.44. The minimum Gasteiger partial charge on any atom is -0.283 e. The number of aromatic nitrogens is 2. The third-order valence-electron chi connectivity index (χ3n) is 4.41. The van der Waals surface area contributed by atoms with Crippen LogP contribution in [0.5, 0.6) is 0 Å². The summed E-state index contributed by atoms with van der Waals surface area (Å²) >= 11 is 7.38. The molecular formula is C22H15ClF2N2OS. The van der Waals surface area contributed by atoms with Crippen LogP contribution in [0.4, 0.5) is 8.78 Å². The summed E-state index contributed by atoms with van der Waals surface area (Å²) in [5.41, 5.74) is 1.90. The monoisotopic (exact) mass is 428 g/mol. The van der Waals surface area contributed by atoms with E-state index in [4.69, 9.17) is 11.6 Å². The number of rotatable bonds is 5. The zero-order chi connectivity index (χ0) is 20.4. The molecular weight excluding hydrogens is 414 g/mol. The van der Waals surface area contributed by atoms with Gasteiger partial charge < -0.3 is 0 Å². The van der Waals surface area contributed by atoms with E-state index >= 15 is 0 Å². The van der Waals surface area contributed by atoms with Crippen molar-refractivity contribution in [1.29, 1.82) is 0 Å². The quantitative estimate of drug-likeness (QED) is 0.303. The molecule has 0 spiro atoms. The van der Waals surface area contributed by atoms with E-state index in [1.54, 1.807) is 34.9 Å². The Labute approximate surface area is 175 Å². The van der Waals surface area contributed by atoms with Gasteiger partial charge in [0, 0.05) is 10.8 Å². The molecule has 1 heterocycles. The van der Waals surface area contributed by atoms with Crippen molar-refractivity contribution in [3.63, 3.8) is 0 Å². The predicted molar refractivity (Wildman–Crippen MR) is 112 cm³/mol. The molecule has 0 saturated heterocycles. The Morgan fingerprint density at radius 1 is 0.931 bits per heavy atom. The summed E-state index contributed by atoms with van der Waals surface area (Å²) in [6, 6.07) is 18.2. The van der Waals surface area contributed by atoms with Gasteiger partial charge in [0.25, 0.3) is 5.56 Å². The second-order valence-corrected chi connectivity index (χ2v) is 7.85. The Balaban J connectivity index is 1.74. The van der Waals surface area contributed by atoms with E-state index in [1.807, 2.05) is 18.2 Å². The molecule has 3 nitrogen and oxygen atoms in total. The molecule has 0 unspecified atom stereocenters. The van der Waals surface area contributed by atoms with Gasteiger partial charge in [0.05, 0.1) is 17.4 Å². The lowest BCUT2D eigenvalue weighted by Crippen LogP contribution is -2.24. The summed E-state index contributed by atoms with van der Waals surface area (Å²) in [4.78, 5) is 17.8. The highest BCUT2D eigenvalue weighted by Crippen LogP contribution is 2.24. The van der Waals surface area contributed by atoms with Crippen molar-refractivity contribution in [2.24, 2.45) is 0 Å². The summed E-state index contributed by atoms with van der Waals surface area (Å²) in [7, 11) is 0. The fraction of sp³-hybridized carbons (Fsp3) is 0.0909. The van der Waals surface area contributed by atoms with E-state index in [0.717, 1.165) is 17.7 Å². The van der Waals surface area contributed by atoms with Gasteiger partial charge in [-0.05, 0) is 47.5 Å². The van der Waals surface area contributed by atoms with Gasteiger partial charge in [-0.15, -0.1) is 0 Å². The van der Waals surface area contributed by atoms with Crippen LogP contribution in [0.25, 0.3) is 10.9 Å². The first kappa shape index (κ1) is 19.6. The topological polar surface area (TPSA) is 34.9 Å². The Bertz CT molecular complexity index is 1260. The van der Waals surface area contributed by atoms with Crippen LogP contribution in [0.1, 0.15) is 11.1 Å². The standard InChI is InChI=1S/C22H15ClF2N2OS/c23-16-5-3-4-14(10-16)12-27-21(28)17-6-1-2-7-20(17)26-22(27)29-13-15-8-9-18(24)19(25)11-15/h1-11H,12-13H2. The number of nitrogens with zero attached hydrogens (tertiary/aromatic N) is 2. The maximum absolute atomic E-state index is 13.5. The number of hydrogen-bond donors (Lipinski definition) is 0. The van der Waals surface area contributed by atoms with Gasteiger partial charge in [0.1, 0.15) is 0 Å². The van der Waals surface area contributed by atoms with Crippen LogP contribution < -0.4 is 5.56 Å². The Kier molecular flexibility index (Phi) is 5.65. The number of halogens is 3. The van der Waals surface area contributed by atoms with Crippen molar-refractivity contribution in [3.05, 3.63) is 105 Å². The van der Waals surface area contributed by atoms with Crippen molar-refractivity contribution < 1.29 is 8.78 Å². The van der Waals surface area contributed by atoms with E-state index in [0.29, 0.717) is 38.9 Å². The average molecular weight is 429 g/mol. The molecule has 7 heteroatoms. The molecule has 0 N–H and O–H groups in total. The second kappa shape index (κ2) is 8.35. The molecule has 29 heavy (non-hydrogen) atoms. The largest absolute Gasteiger partial charge is 0.283 e. The highest BCUT2D eigenvalue weighted by atomic mass is 35.5. The van der Waals surface area contributed by atoms with Gasteiger partial charge in [-0.3, -0.25) is 9.36 Å². The third-order valence-corrected chi connectivity index (χ3v) is 5.69. The Morgan fingerprint density at radius 2 is 1.76 bits per heavy atom. The van der Waals surface area contributed by atoms with Crippen molar-refractivity contribution in [1.82, 2.24) is 9.55 Å². The van der Waals surface area contributed by atoms with Gasteiger partial charge in [0.15, 0.2) is 16.8 Å². The van der Waals surface area contributed by atoms with Crippen LogP contribution in [0.3, 0.4) is 0 Å². The van der Waals surface area contributed by atoms with Gasteiger partial charge in [-0.1, -0.05) is 53.7 Å². The van der Waals surface area contributed by atoms with Crippen LogP contribution in [-0.4, -0.2) is 9.55 Å². The predicted octanol–water partition coefficient (Wildman–Crippen LogP) is 5.67. The summed E-state index contributed by atoms with van der Waals surface area (Å²) < 4.78 is 28.3. The minimum atomic E-state index is -0.897. The molecule has 146 valence electrons. The zero-order valence-corrected chi connectivity index (χ0v) is 16.7. The fourth-order valence-electron chi connectivity index (χ4n) is 2.99. The maximum Gasteiger partial charge on any atom is 0.262 e. The number of para-hydroxylation sites is 1. The van der Waals surface area contributed by atoms with Crippen LogP contribution in [-0.2, 0) is 12.3 Å². The third kappa shape index (κ3) is 4.33. The summed E-state index contributed by atoms with van der Waals surface area (Å²) in [6.45, 7) is 0.303. The molecule has 0 aliphatic carbocycles. The van der Waals surface area contributed by atoms with Crippen LogP contribution in [0.2, 0.25) is 5.02 Å². The van der Waals surface area contributed by atoms with Crippen molar-refractivity contribution >= 4 is 34.3 Å². The van der Waals surface area contributed by atoms with Crippen LogP contribution in [0, 0.1) is 11.6 Å². The molecule has 0 atom stereocenters. The molecule has 3 aromatic carbocycles. The summed E-state index contributed by atoms with van der Waals surface area (Å²) in [5, 5.41) is 1.60. The smallest absolute Gasteiger partial charge is 0.262 e. The molecule has 4 aromatic rings. The van der Waals surface area contributed by atoms with Crippen molar-refractivity contribution in [3.8, 4) is 0 Å². The van der Waals surface area contributed by atoms with Crippen LogP contribution in [0.15, 0.2) is 76.7 Å². The highest BCUT2D eigenvalue weighted by Gasteiger charge is 2.13. The van der Waals surface area contributed by atoms with Gasteiger partial charge in [0.2, 0.25) is 0 Å². The number of thioether (sulfide) groups is 1. The lowest BCUT2D eigenvalue weighted by molar-refractivity contribution is 0.507. The molecule has 1 aromatic heterocycles. The first-order valence-electron chi connectivity index (χ1n) is 8.82. The molecule has 0 amide bonds. The normalized spacial score (nSPS) is 11.1. The van der Waals surface area contributed by atoms with E-state index in [1.165, 1.54) is 17.8 Å². The highest BCUT2D eigenvalue weighted by molar-refractivity contribution is 7.98. The average Bonchev–Trinajstić information content (AvgIpc) is 2.71. The van der Waals surface area contributed by atoms with Gasteiger partial charge in [-0.2, -0.15) is 0 Å². The minimum absolute atomic E-state index is 0.164. The van der Waals surface area contributed by atoms with Gasteiger partial charge >= 0.3 is 0 Å². The molecule has 0 aliphatic heterocycles.